The number of piperidine rings is 1. The van der Waals surface area contributed by atoms with Gasteiger partial charge in [-0.3, -0.25) is 4.79 Å². The lowest BCUT2D eigenvalue weighted by molar-refractivity contribution is -0.135. The third-order valence-electron chi connectivity index (χ3n) is 4.66. The number of hydrogen-bond acceptors (Lipinski definition) is 1. The van der Waals surface area contributed by atoms with E-state index in [1.54, 1.807) is 0 Å². The second-order valence-corrected chi connectivity index (χ2v) is 6.37. The molecular formula is C18H35NO. The molecule has 2 heteroatoms. The Morgan fingerprint density at radius 3 is 2.25 bits per heavy atom. The molecule has 0 bridgehead atoms. The van der Waals surface area contributed by atoms with E-state index in [4.69, 9.17) is 0 Å². The molecule has 1 saturated heterocycles. The van der Waals surface area contributed by atoms with E-state index in [1.165, 1.54) is 64.2 Å². The fraction of sp³-hybridized carbons (Fsp3) is 0.944. The van der Waals surface area contributed by atoms with E-state index in [9.17, 15) is 4.79 Å². The van der Waals surface area contributed by atoms with Crippen molar-refractivity contribution in [1.82, 2.24) is 4.90 Å². The van der Waals surface area contributed by atoms with Crippen molar-refractivity contribution in [3.8, 4) is 0 Å². The summed E-state index contributed by atoms with van der Waals surface area (Å²) >= 11 is 0. The molecule has 1 heterocycles. The lowest BCUT2D eigenvalue weighted by atomic mass is 9.99. The van der Waals surface area contributed by atoms with Gasteiger partial charge in [-0.2, -0.15) is 0 Å². The van der Waals surface area contributed by atoms with Crippen LogP contribution in [-0.2, 0) is 4.79 Å². The second kappa shape index (κ2) is 11.2. The molecule has 0 spiro atoms. The first kappa shape index (κ1) is 17.5. The van der Waals surface area contributed by atoms with Crippen molar-refractivity contribution in [2.24, 2.45) is 0 Å². The monoisotopic (exact) mass is 281 g/mol. The molecule has 0 radical (unpaired) electrons. The zero-order chi connectivity index (χ0) is 14.6. The average molecular weight is 281 g/mol. The number of likely N-dealkylation sites (tertiary alicyclic amines) is 1. The predicted molar refractivity (Wildman–Crippen MR) is 86.9 cm³/mol. The largest absolute Gasteiger partial charge is 0.340 e. The summed E-state index contributed by atoms with van der Waals surface area (Å²) in [7, 11) is 0. The molecule has 1 aliphatic rings. The molecule has 0 aromatic carbocycles. The third-order valence-corrected chi connectivity index (χ3v) is 4.66. The minimum atomic E-state index is 0.419. The summed E-state index contributed by atoms with van der Waals surface area (Å²) in [4.78, 5) is 14.4. The van der Waals surface area contributed by atoms with Crippen molar-refractivity contribution in [2.45, 2.75) is 103 Å². The third kappa shape index (κ3) is 6.76. The summed E-state index contributed by atoms with van der Waals surface area (Å²) in [5.74, 6) is 0.419. The van der Waals surface area contributed by atoms with Gasteiger partial charge in [-0.1, -0.05) is 58.8 Å². The summed E-state index contributed by atoms with van der Waals surface area (Å²) in [6, 6.07) is 0.533. The Balaban J connectivity index is 2.04. The Labute approximate surface area is 126 Å². The lowest BCUT2D eigenvalue weighted by Gasteiger charge is -2.35. The first-order chi connectivity index (χ1) is 9.79. The first-order valence-electron chi connectivity index (χ1n) is 9.09. The quantitative estimate of drug-likeness (QED) is 0.497. The molecule has 0 aromatic heterocycles. The van der Waals surface area contributed by atoms with Gasteiger partial charge in [0.05, 0.1) is 0 Å². The first-order valence-corrected chi connectivity index (χ1v) is 9.09. The Bertz CT molecular complexity index is 252. The standard InChI is InChI=1S/C18H35NO/c1-3-5-6-7-8-9-10-11-15-18(20)19-16-13-12-14-17(19)4-2/h17H,3-16H2,1-2H3. The van der Waals surface area contributed by atoms with E-state index in [0.29, 0.717) is 11.9 Å². The minimum absolute atomic E-state index is 0.419. The fourth-order valence-electron chi connectivity index (χ4n) is 3.31. The molecule has 118 valence electrons. The van der Waals surface area contributed by atoms with Crippen molar-refractivity contribution in [1.29, 1.82) is 0 Å². The van der Waals surface area contributed by atoms with Gasteiger partial charge in [0, 0.05) is 19.0 Å². The van der Waals surface area contributed by atoms with Gasteiger partial charge in [-0.15, -0.1) is 0 Å². The van der Waals surface area contributed by atoms with E-state index >= 15 is 0 Å². The van der Waals surface area contributed by atoms with Crippen LogP contribution in [0.4, 0.5) is 0 Å². The SMILES string of the molecule is CCCCCCCCCCC(=O)N1CCCCC1CC. The normalized spacial score (nSPS) is 19.3. The molecule has 1 unspecified atom stereocenters. The van der Waals surface area contributed by atoms with Crippen molar-refractivity contribution in [3.05, 3.63) is 0 Å². The topological polar surface area (TPSA) is 20.3 Å². The highest BCUT2D eigenvalue weighted by atomic mass is 16.2. The van der Waals surface area contributed by atoms with Crippen LogP contribution in [0.3, 0.4) is 0 Å². The molecule has 1 aliphatic heterocycles. The Kier molecular flexibility index (Phi) is 9.78. The Hall–Kier alpha value is -0.530. The number of carbonyl (C=O) groups is 1. The molecule has 1 fully saturated rings. The summed E-state index contributed by atoms with van der Waals surface area (Å²) in [5.41, 5.74) is 0. The highest BCUT2D eigenvalue weighted by Crippen LogP contribution is 2.21. The average Bonchev–Trinajstić information content (AvgIpc) is 2.49. The second-order valence-electron chi connectivity index (χ2n) is 6.37. The summed E-state index contributed by atoms with van der Waals surface area (Å²) in [6.45, 7) is 5.48. The molecular weight excluding hydrogens is 246 g/mol. The molecule has 2 nitrogen and oxygen atoms in total. The summed E-state index contributed by atoms with van der Waals surface area (Å²) in [5, 5.41) is 0. The molecule has 1 amide bonds. The predicted octanol–water partition coefficient (Wildman–Crippen LogP) is 5.31. The van der Waals surface area contributed by atoms with Crippen LogP contribution < -0.4 is 0 Å². The number of carbonyl (C=O) groups excluding carboxylic acids is 1. The number of amides is 1. The number of hydrogen-bond donors (Lipinski definition) is 0. The minimum Gasteiger partial charge on any atom is -0.340 e. The van der Waals surface area contributed by atoms with Gasteiger partial charge in [0.25, 0.3) is 0 Å². The van der Waals surface area contributed by atoms with E-state index < -0.39 is 0 Å². The Morgan fingerprint density at radius 1 is 0.950 bits per heavy atom. The molecule has 1 rings (SSSR count). The molecule has 0 aromatic rings. The lowest BCUT2D eigenvalue weighted by Crippen LogP contribution is -2.43. The Morgan fingerprint density at radius 2 is 1.60 bits per heavy atom. The van der Waals surface area contributed by atoms with E-state index in [1.807, 2.05) is 0 Å². The van der Waals surface area contributed by atoms with Gasteiger partial charge >= 0.3 is 0 Å². The van der Waals surface area contributed by atoms with Crippen molar-refractivity contribution in [2.75, 3.05) is 6.54 Å². The van der Waals surface area contributed by atoms with Crippen molar-refractivity contribution in [3.63, 3.8) is 0 Å². The van der Waals surface area contributed by atoms with Crippen LogP contribution in [0, 0.1) is 0 Å². The highest BCUT2D eigenvalue weighted by Gasteiger charge is 2.24. The van der Waals surface area contributed by atoms with Gasteiger partial charge in [-0.05, 0) is 32.1 Å². The van der Waals surface area contributed by atoms with Crippen LogP contribution >= 0.6 is 0 Å². The van der Waals surface area contributed by atoms with Crippen LogP contribution in [-0.4, -0.2) is 23.4 Å². The summed E-state index contributed by atoms with van der Waals surface area (Å²) < 4.78 is 0. The van der Waals surface area contributed by atoms with Crippen LogP contribution in [0.25, 0.3) is 0 Å². The molecule has 0 aliphatic carbocycles. The van der Waals surface area contributed by atoms with Gasteiger partial charge in [-0.25, -0.2) is 0 Å². The molecule has 1 atom stereocenters. The molecule has 0 saturated carbocycles. The smallest absolute Gasteiger partial charge is 0.222 e. The van der Waals surface area contributed by atoms with Crippen LogP contribution in [0.15, 0.2) is 0 Å². The maximum absolute atomic E-state index is 12.3. The van der Waals surface area contributed by atoms with Gasteiger partial charge in [0.1, 0.15) is 0 Å². The van der Waals surface area contributed by atoms with Gasteiger partial charge in [0.15, 0.2) is 0 Å². The van der Waals surface area contributed by atoms with Gasteiger partial charge < -0.3 is 4.90 Å². The van der Waals surface area contributed by atoms with E-state index in [2.05, 4.69) is 18.7 Å². The summed E-state index contributed by atoms with van der Waals surface area (Å²) in [6.07, 6.45) is 16.1. The van der Waals surface area contributed by atoms with Crippen molar-refractivity contribution < 1.29 is 4.79 Å². The van der Waals surface area contributed by atoms with E-state index in [0.717, 1.165) is 25.8 Å². The van der Waals surface area contributed by atoms with Gasteiger partial charge in [0.2, 0.25) is 5.91 Å². The maximum atomic E-state index is 12.3. The van der Waals surface area contributed by atoms with Crippen LogP contribution in [0.2, 0.25) is 0 Å². The number of rotatable bonds is 10. The van der Waals surface area contributed by atoms with Crippen molar-refractivity contribution >= 4 is 5.91 Å². The highest BCUT2D eigenvalue weighted by molar-refractivity contribution is 5.76. The fourth-order valence-corrected chi connectivity index (χ4v) is 3.31. The van der Waals surface area contributed by atoms with Crippen LogP contribution in [0.5, 0.6) is 0 Å². The zero-order valence-electron chi connectivity index (χ0n) is 13.8. The number of unbranched alkanes of at least 4 members (excludes halogenated alkanes) is 7. The zero-order valence-corrected chi connectivity index (χ0v) is 13.8. The molecule has 20 heavy (non-hydrogen) atoms. The molecule has 0 N–H and O–H groups in total. The maximum Gasteiger partial charge on any atom is 0.222 e. The number of nitrogens with zero attached hydrogens (tertiary/aromatic N) is 1. The van der Waals surface area contributed by atoms with E-state index in [-0.39, 0.29) is 0 Å². The van der Waals surface area contributed by atoms with Crippen LogP contribution in [0.1, 0.15) is 97.3 Å².